The zero-order valence-electron chi connectivity index (χ0n) is 2.94. The van der Waals surface area contributed by atoms with Crippen molar-refractivity contribution in [3.63, 3.8) is 0 Å². The fraction of sp³-hybridized carbons (Fsp3) is 0. The molecule has 7 heavy (non-hydrogen) atoms. The van der Waals surface area contributed by atoms with E-state index in [4.69, 9.17) is 5.11 Å². The molecule has 2 nitrogen and oxygen atoms in total. The summed E-state index contributed by atoms with van der Waals surface area (Å²) in [6, 6.07) is 0. The van der Waals surface area contributed by atoms with E-state index in [1.807, 2.05) is 0 Å². The molecule has 4 heteroatoms. The van der Waals surface area contributed by atoms with Crippen molar-refractivity contribution in [2.24, 2.45) is 0 Å². The van der Waals surface area contributed by atoms with E-state index in [2.05, 4.69) is 22.5 Å². The van der Waals surface area contributed by atoms with Crippen LogP contribution in [0.15, 0.2) is 11.1 Å². The van der Waals surface area contributed by atoms with Crippen molar-refractivity contribution in [2.75, 3.05) is 0 Å². The standard InChI is InChI=1S/C3H3BrO2.Ga.3H/c1-2(4)3(5)6;;;;/h1H2,(H,5,6);;;;. The van der Waals surface area contributed by atoms with Gasteiger partial charge in [-0.2, -0.15) is 0 Å². The third-order valence-corrected chi connectivity index (χ3v) is 0.571. The fourth-order valence-electron chi connectivity index (χ4n) is 0. The number of hydrogen-bond donors (Lipinski definition) is 1. The average Bonchev–Trinajstić information content (AvgIpc) is 1.36. The third-order valence-electron chi connectivity index (χ3n) is 0.232. The van der Waals surface area contributed by atoms with Crippen LogP contribution in [-0.2, 0) is 4.79 Å². The second-order valence-electron chi connectivity index (χ2n) is 0.710. The molecule has 0 spiro atoms. The molecule has 0 fully saturated rings. The van der Waals surface area contributed by atoms with Gasteiger partial charge in [-0.3, -0.25) is 0 Å². The molecule has 0 aromatic rings. The molecule has 0 aliphatic carbocycles. The number of aliphatic carboxylic acids is 1. The summed E-state index contributed by atoms with van der Waals surface area (Å²) in [5.74, 6) is -1.02. The van der Waals surface area contributed by atoms with Crippen molar-refractivity contribution < 1.29 is 9.90 Å². The quantitative estimate of drug-likeness (QED) is 0.494. The predicted octanol–water partition coefficient (Wildman–Crippen LogP) is -0.204. The Balaban J connectivity index is 0. The maximum absolute atomic E-state index is 9.55. The summed E-state index contributed by atoms with van der Waals surface area (Å²) in [4.78, 5) is 9.55. The molecule has 0 aromatic heterocycles. The van der Waals surface area contributed by atoms with Gasteiger partial charge in [0.15, 0.2) is 0 Å². The molecule has 0 rings (SSSR count). The summed E-state index contributed by atoms with van der Waals surface area (Å²) < 4.78 is -0.0116. The second kappa shape index (κ2) is 4.48. The van der Waals surface area contributed by atoms with Crippen LogP contribution < -0.4 is 0 Å². The van der Waals surface area contributed by atoms with Crippen molar-refractivity contribution in [3.05, 3.63) is 11.1 Å². The molecule has 0 radical (unpaired) electrons. The Hall–Kier alpha value is 0.326. The number of carboxylic acid groups (broad SMARTS) is 1. The molecule has 0 saturated heterocycles. The number of carbonyl (C=O) groups is 1. The van der Waals surface area contributed by atoms with Gasteiger partial charge in [0.2, 0.25) is 0 Å². The number of carboxylic acids is 1. The van der Waals surface area contributed by atoms with Crippen molar-refractivity contribution in [2.45, 2.75) is 0 Å². The first-order valence-corrected chi connectivity index (χ1v) is 2.01. The van der Waals surface area contributed by atoms with Crippen molar-refractivity contribution in [1.29, 1.82) is 0 Å². The van der Waals surface area contributed by atoms with Crippen LogP contribution in [0.5, 0.6) is 0 Å². The Kier molecular flexibility index (Phi) is 6.62. The fourth-order valence-corrected chi connectivity index (χ4v) is 0. The molecule has 40 valence electrons. The van der Waals surface area contributed by atoms with Gasteiger partial charge in [-0.15, -0.1) is 0 Å². The van der Waals surface area contributed by atoms with Gasteiger partial charge in [0.05, 0.1) is 4.48 Å². The molecule has 0 saturated carbocycles. The van der Waals surface area contributed by atoms with Crippen LogP contribution in [0, 0.1) is 0 Å². The zero-order valence-corrected chi connectivity index (χ0v) is 4.53. The Morgan fingerprint density at radius 2 is 1.86 bits per heavy atom. The van der Waals surface area contributed by atoms with E-state index in [9.17, 15) is 4.79 Å². The summed E-state index contributed by atoms with van der Waals surface area (Å²) in [5.41, 5.74) is 0. The molecule has 0 atom stereocenters. The van der Waals surface area contributed by atoms with Gasteiger partial charge in [-0.1, -0.05) is 6.58 Å². The molecule has 0 amide bonds. The van der Waals surface area contributed by atoms with Gasteiger partial charge in [-0.05, 0) is 15.9 Å². The summed E-state index contributed by atoms with van der Waals surface area (Å²) in [7, 11) is 0. The van der Waals surface area contributed by atoms with Gasteiger partial charge in [0.25, 0.3) is 0 Å². The van der Waals surface area contributed by atoms with E-state index in [1.54, 1.807) is 0 Å². The SMILES string of the molecule is C=C(Br)C(=O)O.[GaH3]. The van der Waals surface area contributed by atoms with Gasteiger partial charge in [-0.25, -0.2) is 4.79 Å². The Bertz CT molecular complexity index is 78.9. The molecule has 0 aromatic carbocycles. The van der Waals surface area contributed by atoms with Crippen LogP contribution in [0.25, 0.3) is 0 Å². The molecule has 0 aliphatic rings. The Labute approximate surface area is 62.8 Å². The summed E-state index contributed by atoms with van der Waals surface area (Å²) in [6.45, 7) is 3.07. The first-order chi connectivity index (χ1) is 2.64. The average molecular weight is 224 g/mol. The number of rotatable bonds is 1. The van der Waals surface area contributed by atoms with Crippen LogP contribution in [0.4, 0.5) is 0 Å². The molecule has 0 unspecified atom stereocenters. The van der Waals surface area contributed by atoms with Crippen molar-refractivity contribution >= 4 is 41.7 Å². The maximum atomic E-state index is 9.55. The van der Waals surface area contributed by atoms with E-state index in [-0.39, 0.29) is 24.3 Å². The van der Waals surface area contributed by atoms with E-state index >= 15 is 0 Å². The minimum absolute atomic E-state index is 0. The van der Waals surface area contributed by atoms with Crippen LogP contribution in [0.2, 0.25) is 0 Å². The minimum atomic E-state index is -1.02. The normalized spacial score (nSPS) is 6.43. The van der Waals surface area contributed by atoms with Crippen LogP contribution >= 0.6 is 15.9 Å². The zero-order chi connectivity index (χ0) is 5.15. The molecule has 0 aliphatic heterocycles. The van der Waals surface area contributed by atoms with E-state index in [0.717, 1.165) is 0 Å². The van der Waals surface area contributed by atoms with Gasteiger partial charge in [0, 0.05) is 0 Å². The van der Waals surface area contributed by atoms with E-state index < -0.39 is 5.97 Å². The second-order valence-corrected chi connectivity index (χ2v) is 1.67. The van der Waals surface area contributed by atoms with Crippen LogP contribution in [-0.4, -0.2) is 30.9 Å². The molecular formula is C3H6BrGaO2. The van der Waals surface area contributed by atoms with Crippen LogP contribution in [0.1, 0.15) is 0 Å². The van der Waals surface area contributed by atoms with E-state index in [1.165, 1.54) is 0 Å². The predicted molar refractivity (Wildman–Crippen MR) is 35.6 cm³/mol. The van der Waals surface area contributed by atoms with Gasteiger partial charge in [0.1, 0.15) is 0 Å². The van der Waals surface area contributed by atoms with Gasteiger partial charge >= 0.3 is 25.8 Å². The van der Waals surface area contributed by atoms with Gasteiger partial charge < -0.3 is 5.11 Å². The molecular weight excluding hydrogens is 218 g/mol. The molecule has 0 heterocycles. The number of halogens is 1. The first-order valence-electron chi connectivity index (χ1n) is 1.22. The number of hydrogen-bond acceptors (Lipinski definition) is 1. The topological polar surface area (TPSA) is 37.3 Å². The van der Waals surface area contributed by atoms with Crippen molar-refractivity contribution in [3.8, 4) is 0 Å². The Morgan fingerprint density at radius 3 is 1.86 bits per heavy atom. The molecule has 0 bridgehead atoms. The third kappa shape index (κ3) is 6.33. The van der Waals surface area contributed by atoms with E-state index in [0.29, 0.717) is 0 Å². The first kappa shape index (κ1) is 10.3. The van der Waals surface area contributed by atoms with Crippen molar-refractivity contribution in [1.82, 2.24) is 0 Å². The Morgan fingerprint density at radius 1 is 1.71 bits per heavy atom. The summed E-state index contributed by atoms with van der Waals surface area (Å²) in [5, 5.41) is 7.84. The van der Waals surface area contributed by atoms with Crippen LogP contribution in [0.3, 0.4) is 0 Å². The monoisotopic (exact) mass is 222 g/mol. The molecule has 1 N–H and O–H groups in total. The summed E-state index contributed by atoms with van der Waals surface area (Å²) in [6.07, 6.45) is 0. The summed E-state index contributed by atoms with van der Waals surface area (Å²) >= 11 is 2.64.